The quantitative estimate of drug-likeness (QED) is 0.593. The summed E-state index contributed by atoms with van der Waals surface area (Å²) < 4.78 is 27.7. The Morgan fingerprint density at radius 1 is 1.05 bits per heavy atom. The van der Waals surface area contributed by atoms with Crippen molar-refractivity contribution in [2.75, 3.05) is 5.33 Å². The maximum Gasteiger partial charge on any atom is 0.270 e. The highest BCUT2D eigenvalue weighted by Crippen LogP contribution is 2.60. The molecule has 0 spiro atoms. The van der Waals surface area contributed by atoms with Gasteiger partial charge in [-0.05, 0) is 73.3 Å². The summed E-state index contributed by atoms with van der Waals surface area (Å²) in [5.74, 6) is 1.01. The van der Waals surface area contributed by atoms with Crippen LogP contribution in [-0.4, -0.2) is 11.3 Å². The molecule has 4 saturated carbocycles. The molecule has 20 heavy (non-hydrogen) atoms. The molecular weight excluding hydrogens is 322 g/mol. The Morgan fingerprint density at radius 3 is 2.20 bits per heavy atom. The number of halogens is 3. The fourth-order valence-electron chi connectivity index (χ4n) is 5.71. The van der Waals surface area contributed by atoms with E-state index < -0.39 is 5.92 Å². The standard InChI is InChI=1S/C17H21BrF2/c18-9-12-1-2-17(19,20)8-15(12)16-13-4-10-3-11(6-13)7-14(16)5-10/h1-2,10-11,13-14,16H,3-9H2. The van der Waals surface area contributed by atoms with E-state index in [9.17, 15) is 8.78 Å². The first-order valence-electron chi connectivity index (χ1n) is 7.90. The van der Waals surface area contributed by atoms with Crippen molar-refractivity contribution >= 4 is 15.9 Å². The zero-order chi connectivity index (χ0) is 13.9. The molecule has 0 heterocycles. The van der Waals surface area contributed by atoms with E-state index in [1.54, 1.807) is 6.08 Å². The van der Waals surface area contributed by atoms with Crippen LogP contribution in [0.2, 0.25) is 0 Å². The average Bonchev–Trinajstić information content (AvgIpc) is 2.36. The predicted octanol–water partition coefficient (Wildman–Crippen LogP) is 5.35. The molecule has 0 aromatic carbocycles. The van der Waals surface area contributed by atoms with E-state index >= 15 is 0 Å². The van der Waals surface area contributed by atoms with Gasteiger partial charge in [-0.1, -0.05) is 27.6 Å². The second-order valence-electron chi connectivity index (χ2n) is 7.41. The van der Waals surface area contributed by atoms with E-state index in [0.29, 0.717) is 17.8 Å². The van der Waals surface area contributed by atoms with Crippen molar-refractivity contribution in [3.8, 4) is 0 Å². The molecule has 0 aromatic rings. The van der Waals surface area contributed by atoms with Gasteiger partial charge in [-0.3, -0.25) is 0 Å². The number of hydrogen-bond acceptors (Lipinski definition) is 0. The molecule has 3 heteroatoms. The third kappa shape index (κ3) is 2.12. The fraction of sp³-hybridized carbons (Fsp3) is 0.765. The molecular formula is C17H21BrF2. The molecule has 0 aliphatic heterocycles. The topological polar surface area (TPSA) is 0 Å². The SMILES string of the molecule is FC1(F)C=CC(CBr)=C(C2C3CC4CC(C3)CC2C4)C1. The molecule has 0 aromatic heterocycles. The van der Waals surface area contributed by atoms with Crippen molar-refractivity contribution < 1.29 is 8.78 Å². The Bertz CT molecular complexity index is 449. The first-order valence-corrected chi connectivity index (χ1v) is 9.03. The molecule has 4 bridgehead atoms. The minimum atomic E-state index is -2.63. The molecule has 0 saturated heterocycles. The smallest absolute Gasteiger partial charge is 0.202 e. The Morgan fingerprint density at radius 2 is 1.65 bits per heavy atom. The summed E-state index contributed by atoms with van der Waals surface area (Å²) >= 11 is 3.50. The first-order chi connectivity index (χ1) is 9.55. The van der Waals surface area contributed by atoms with Crippen LogP contribution in [0, 0.1) is 29.6 Å². The zero-order valence-electron chi connectivity index (χ0n) is 11.6. The molecule has 110 valence electrons. The molecule has 0 amide bonds. The largest absolute Gasteiger partial charge is 0.270 e. The second-order valence-corrected chi connectivity index (χ2v) is 7.97. The zero-order valence-corrected chi connectivity index (χ0v) is 13.2. The Balaban J connectivity index is 1.69. The van der Waals surface area contributed by atoms with Gasteiger partial charge in [0, 0.05) is 11.8 Å². The predicted molar refractivity (Wildman–Crippen MR) is 80.1 cm³/mol. The van der Waals surface area contributed by atoms with Crippen LogP contribution in [0.3, 0.4) is 0 Å². The van der Waals surface area contributed by atoms with Crippen molar-refractivity contribution in [3.63, 3.8) is 0 Å². The normalized spacial score (nSPS) is 45.2. The summed E-state index contributed by atoms with van der Waals surface area (Å²) in [5.41, 5.74) is 2.22. The van der Waals surface area contributed by atoms with E-state index in [1.165, 1.54) is 32.1 Å². The lowest BCUT2D eigenvalue weighted by Gasteiger charge is -2.55. The number of hydrogen-bond donors (Lipinski definition) is 0. The highest BCUT2D eigenvalue weighted by atomic mass is 79.9. The fourth-order valence-corrected chi connectivity index (χ4v) is 6.26. The molecule has 4 fully saturated rings. The van der Waals surface area contributed by atoms with E-state index in [4.69, 9.17) is 0 Å². The molecule has 5 rings (SSSR count). The summed E-state index contributed by atoms with van der Waals surface area (Å²) in [6.07, 6.45) is 9.36. The maximum absolute atomic E-state index is 13.8. The van der Waals surface area contributed by atoms with Gasteiger partial charge in [0.15, 0.2) is 0 Å². The van der Waals surface area contributed by atoms with E-state index in [2.05, 4.69) is 15.9 Å². The highest BCUT2D eigenvalue weighted by molar-refractivity contribution is 9.09. The molecule has 5 aliphatic carbocycles. The van der Waals surface area contributed by atoms with Crippen LogP contribution in [-0.2, 0) is 0 Å². The van der Waals surface area contributed by atoms with Crippen LogP contribution in [0.4, 0.5) is 8.78 Å². The lowest BCUT2D eigenvalue weighted by atomic mass is 9.50. The molecule has 0 atom stereocenters. The van der Waals surface area contributed by atoms with Crippen LogP contribution >= 0.6 is 15.9 Å². The Kier molecular flexibility index (Phi) is 3.14. The van der Waals surface area contributed by atoms with Crippen LogP contribution in [0.1, 0.15) is 38.5 Å². The maximum atomic E-state index is 13.8. The minimum Gasteiger partial charge on any atom is -0.202 e. The van der Waals surface area contributed by atoms with Gasteiger partial charge < -0.3 is 0 Å². The molecule has 5 aliphatic rings. The molecule has 0 nitrogen and oxygen atoms in total. The summed E-state index contributed by atoms with van der Waals surface area (Å²) in [4.78, 5) is 0. The van der Waals surface area contributed by atoms with Gasteiger partial charge in [0.2, 0.25) is 0 Å². The third-order valence-corrected chi connectivity index (χ3v) is 6.74. The van der Waals surface area contributed by atoms with Gasteiger partial charge in [0.25, 0.3) is 5.92 Å². The molecule has 0 radical (unpaired) electrons. The minimum absolute atomic E-state index is 0.0303. The van der Waals surface area contributed by atoms with Crippen molar-refractivity contribution in [3.05, 3.63) is 23.3 Å². The lowest BCUT2D eigenvalue weighted by molar-refractivity contribution is -0.0298. The monoisotopic (exact) mass is 342 g/mol. The van der Waals surface area contributed by atoms with Crippen LogP contribution in [0.15, 0.2) is 23.3 Å². The van der Waals surface area contributed by atoms with E-state index in [1.807, 2.05) is 0 Å². The van der Waals surface area contributed by atoms with Gasteiger partial charge in [-0.25, -0.2) is 8.78 Å². The number of alkyl halides is 3. The van der Waals surface area contributed by atoms with Crippen molar-refractivity contribution in [1.82, 2.24) is 0 Å². The van der Waals surface area contributed by atoms with Gasteiger partial charge in [-0.15, -0.1) is 0 Å². The lowest BCUT2D eigenvalue weighted by Crippen LogP contribution is -2.46. The van der Waals surface area contributed by atoms with Gasteiger partial charge in [0.1, 0.15) is 0 Å². The third-order valence-electron chi connectivity index (χ3n) is 6.14. The van der Waals surface area contributed by atoms with Crippen LogP contribution in [0.25, 0.3) is 0 Å². The summed E-state index contributed by atoms with van der Waals surface area (Å²) in [6, 6.07) is 0. The highest BCUT2D eigenvalue weighted by Gasteiger charge is 2.50. The van der Waals surface area contributed by atoms with Gasteiger partial charge in [0.05, 0.1) is 0 Å². The van der Waals surface area contributed by atoms with Crippen molar-refractivity contribution in [1.29, 1.82) is 0 Å². The number of rotatable bonds is 2. The molecule has 0 unspecified atom stereocenters. The summed E-state index contributed by atoms with van der Waals surface area (Å²) in [6.45, 7) is 0. The Hall–Kier alpha value is -0.180. The average molecular weight is 343 g/mol. The number of allylic oxidation sites excluding steroid dienone is 4. The van der Waals surface area contributed by atoms with Gasteiger partial charge >= 0.3 is 0 Å². The van der Waals surface area contributed by atoms with Gasteiger partial charge in [-0.2, -0.15) is 0 Å². The second kappa shape index (κ2) is 4.66. The van der Waals surface area contributed by atoms with Crippen molar-refractivity contribution in [2.24, 2.45) is 29.6 Å². The van der Waals surface area contributed by atoms with Crippen LogP contribution < -0.4 is 0 Å². The molecule has 0 N–H and O–H groups in total. The Labute approximate surface area is 127 Å². The van der Waals surface area contributed by atoms with Crippen LogP contribution in [0.5, 0.6) is 0 Å². The summed E-state index contributed by atoms with van der Waals surface area (Å²) in [7, 11) is 0. The first kappa shape index (κ1) is 13.5. The van der Waals surface area contributed by atoms with E-state index in [-0.39, 0.29) is 6.42 Å². The van der Waals surface area contributed by atoms with Crippen molar-refractivity contribution in [2.45, 2.75) is 44.4 Å². The summed E-state index contributed by atoms with van der Waals surface area (Å²) in [5, 5.41) is 0.720. The van der Waals surface area contributed by atoms with E-state index in [0.717, 1.165) is 34.4 Å².